The first-order valence-electron chi connectivity index (χ1n) is 8.78. The number of fused-ring (bicyclic) bond motifs is 3. The fourth-order valence-corrected chi connectivity index (χ4v) is 4.69. The first kappa shape index (κ1) is 17.5. The summed E-state index contributed by atoms with van der Waals surface area (Å²) in [7, 11) is 0. The van der Waals surface area contributed by atoms with Crippen molar-refractivity contribution in [3.8, 4) is 5.75 Å². The monoisotopic (exact) mass is 386 g/mol. The van der Waals surface area contributed by atoms with Crippen LogP contribution in [0.3, 0.4) is 0 Å². The molecule has 2 aromatic heterocycles. The van der Waals surface area contributed by atoms with Crippen LogP contribution in [-0.4, -0.2) is 27.2 Å². The van der Waals surface area contributed by atoms with Gasteiger partial charge in [-0.15, -0.1) is 11.3 Å². The third kappa shape index (κ3) is 3.28. The van der Waals surface area contributed by atoms with Crippen molar-refractivity contribution in [2.75, 3.05) is 6.61 Å². The lowest BCUT2D eigenvalue weighted by atomic mass is 10.2. The molecule has 0 amide bonds. The maximum absolute atomic E-state index is 12.8. The second-order valence-electron chi connectivity index (χ2n) is 6.48. The molecule has 8 heteroatoms. The second kappa shape index (κ2) is 7.03. The van der Waals surface area contributed by atoms with Gasteiger partial charge in [-0.25, -0.2) is 9.59 Å². The van der Waals surface area contributed by atoms with Crippen LogP contribution in [-0.2, 0) is 19.4 Å². The zero-order chi connectivity index (χ0) is 19.0. The molecule has 0 atom stereocenters. The second-order valence-corrected chi connectivity index (χ2v) is 7.59. The fraction of sp³-hybridized carbons (Fsp3) is 0.316. The van der Waals surface area contributed by atoms with Crippen molar-refractivity contribution in [3.63, 3.8) is 0 Å². The van der Waals surface area contributed by atoms with E-state index < -0.39 is 11.7 Å². The van der Waals surface area contributed by atoms with E-state index in [-0.39, 0.29) is 17.7 Å². The third-order valence-corrected chi connectivity index (χ3v) is 5.95. The summed E-state index contributed by atoms with van der Waals surface area (Å²) in [6.07, 6.45) is 3.42. The highest BCUT2D eigenvalue weighted by Gasteiger charge is 2.21. The molecule has 140 valence electrons. The molecule has 0 fully saturated rings. The van der Waals surface area contributed by atoms with Gasteiger partial charge in [0, 0.05) is 11.4 Å². The van der Waals surface area contributed by atoms with Gasteiger partial charge in [-0.05, 0) is 55.5 Å². The van der Waals surface area contributed by atoms with E-state index >= 15 is 0 Å². The molecule has 1 aliphatic carbocycles. The molecule has 1 aliphatic rings. The number of carboxylic acid groups (broad SMARTS) is 1. The predicted octanol–water partition coefficient (Wildman–Crippen LogP) is 2.41. The van der Waals surface area contributed by atoms with E-state index in [2.05, 4.69) is 4.98 Å². The van der Waals surface area contributed by atoms with Crippen molar-refractivity contribution in [2.45, 2.75) is 32.2 Å². The molecule has 2 heterocycles. The quantitative estimate of drug-likeness (QED) is 0.634. The van der Waals surface area contributed by atoms with Crippen LogP contribution in [0.4, 0.5) is 0 Å². The average Bonchev–Trinajstić information content (AvgIpc) is 3.21. The summed E-state index contributed by atoms with van der Waals surface area (Å²) >= 11 is 1.52. The van der Waals surface area contributed by atoms with Crippen molar-refractivity contribution < 1.29 is 14.6 Å². The number of aryl methyl sites for hydroxylation is 2. The van der Waals surface area contributed by atoms with E-state index in [1.807, 2.05) is 0 Å². The van der Waals surface area contributed by atoms with E-state index in [1.54, 1.807) is 12.1 Å². The van der Waals surface area contributed by atoms with Gasteiger partial charge in [-0.3, -0.25) is 14.3 Å². The summed E-state index contributed by atoms with van der Waals surface area (Å²) in [5.41, 5.74) is 0.675. The summed E-state index contributed by atoms with van der Waals surface area (Å²) in [4.78, 5) is 40.6. The first-order chi connectivity index (χ1) is 13.0. The number of hydrogen-bond donors (Lipinski definition) is 2. The number of benzene rings is 1. The van der Waals surface area contributed by atoms with E-state index in [1.165, 1.54) is 32.9 Å². The topological polar surface area (TPSA) is 101 Å². The molecule has 0 saturated carbocycles. The van der Waals surface area contributed by atoms with E-state index in [0.29, 0.717) is 29.0 Å². The summed E-state index contributed by atoms with van der Waals surface area (Å²) in [5, 5.41) is 9.55. The Morgan fingerprint density at radius 2 is 2.00 bits per heavy atom. The summed E-state index contributed by atoms with van der Waals surface area (Å²) < 4.78 is 6.81. The van der Waals surface area contributed by atoms with Crippen molar-refractivity contribution in [1.82, 2.24) is 9.55 Å². The van der Waals surface area contributed by atoms with Gasteiger partial charge in [0.25, 0.3) is 5.56 Å². The van der Waals surface area contributed by atoms with Crippen LogP contribution in [0, 0.1) is 0 Å². The minimum absolute atomic E-state index is 0.192. The lowest BCUT2D eigenvalue weighted by Gasteiger charge is -2.08. The van der Waals surface area contributed by atoms with Gasteiger partial charge in [0.05, 0.1) is 17.6 Å². The molecule has 0 saturated heterocycles. The zero-order valence-corrected chi connectivity index (χ0v) is 15.3. The van der Waals surface area contributed by atoms with Gasteiger partial charge in [-0.1, -0.05) is 0 Å². The van der Waals surface area contributed by atoms with Crippen molar-refractivity contribution in [3.05, 3.63) is 61.1 Å². The van der Waals surface area contributed by atoms with Gasteiger partial charge >= 0.3 is 11.7 Å². The van der Waals surface area contributed by atoms with E-state index in [4.69, 9.17) is 9.84 Å². The molecule has 4 rings (SSSR count). The fourth-order valence-electron chi connectivity index (χ4n) is 3.42. The predicted molar refractivity (Wildman–Crippen MR) is 102 cm³/mol. The lowest BCUT2D eigenvalue weighted by Crippen LogP contribution is -2.35. The molecule has 2 N–H and O–H groups in total. The Balaban J connectivity index is 1.45. The number of hydrogen-bond acceptors (Lipinski definition) is 5. The highest BCUT2D eigenvalue weighted by atomic mass is 32.1. The SMILES string of the molecule is O=C(O)c1ccc(OCCCn2c(=O)[nH]c3sc4c(c3c2=O)CCC4)cc1. The average molecular weight is 386 g/mol. The summed E-state index contributed by atoms with van der Waals surface area (Å²) in [5.74, 6) is -0.442. The van der Waals surface area contributed by atoms with Gasteiger partial charge in [-0.2, -0.15) is 0 Å². The standard InChI is InChI=1S/C19H18N2O5S/c22-17-15-13-3-1-4-14(13)27-16(15)20-19(25)21(17)9-2-10-26-12-7-5-11(6-8-12)18(23)24/h5-8H,1-4,9-10H2,(H,20,25)(H,23,24). The Morgan fingerprint density at radius 1 is 1.22 bits per heavy atom. The molecular formula is C19H18N2O5S. The number of ether oxygens (including phenoxy) is 1. The van der Waals surface area contributed by atoms with Gasteiger partial charge in [0.2, 0.25) is 0 Å². The molecule has 3 aromatic rings. The van der Waals surface area contributed by atoms with Crippen LogP contribution in [0.1, 0.15) is 33.6 Å². The number of aromatic nitrogens is 2. The Morgan fingerprint density at radius 3 is 2.74 bits per heavy atom. The molecular weight excluding hydrogens is 368 g/mol. The summed E-state index contributed by atoms with van der Waals surface area (Å²) in [6.45, 7) is 0.583. The number of rotatable bonds is 6. The minimum atomic E-state index is -0.990. The van der Waals surface area contributed by atoms with Crippen LogP contribution in [0.2, 0.25) is 0 Å². The number of H-pyrrole nitrogens is 1. The maximum atomic E-state index is 12.8. The number of aromatic amines is 1. The Hall–Kier alpha value is -2.87. The highest BCUT2D eigenvalue weighted by molar-refractivity contribution is 7.18. The molecule has 7 nitrogen and oxygen atoms in total. The van der Waals surface area contributed by atoms with E-state index in [0.717, 1.165) is 24.8 Å². The number of thiophene rings is 1. The highest BCUT2D eigenvalue weighted by Crippen LogP contribution is 2.33. The number of aromatic carboxylic acids is 1. The third-order valence-electron chi connectivity index (χ3n) is 4.74. The largest absolute Gasteiger partial charge is 0.494 e. The van der Waals surface area contributed by atoms with Crippen LogP contribution in [0.15, 0.2) is 33.9 Å². The zero-order valence-electron chi connectivity index (χ0n) is 14.5. The number of nitrogens with one attached hydrogen (secondary N) is 1. The normalized spacial score (nSPS) is 13.0. The van der Waals surface area contributed by atoms with Gasteiger partial charge in [0.15, 0.2) is 0 Å². The van der Waals surface area contributed by atoms with Gasteiger partial charge in [0.1, 0.15) is 10.6 Å². The van der Waals surface area contributed by atoms with Crippen LogP contribution >= 0.6 is 11.3 Å². The Kier molecular flexibility index (Phi) is 4.57. The number of carbonyl (C=O) groups is 1. The maximum Gasteiger partial charge on any atom is 0.335 e. The lowest BCUT2D eigenvalue weighted by molar-refractivity contribution is 0.0697. The first-order valence-corrected chi connectivity index (χ1v) is 9.60. The smallest absolute Gasteiger partial charge is 0.335 e. The molecule has 1 aromatic carbocycles. The molecule has 0 radical (unpaired) electrons. The van der Waals surface area contributed by atoms with Crippen LogP contribution in [0.25, 0.3) is 10.2 Å². The summed E-state index contributed by atoms with van der Waals surface area (Å²) in [6, 6.07) is 6.11. The van der Waals surface area contributed by atoms with Crippen molar-refractivity contribution in [2.24, 2.45) is 0 Å². The van der Waals surface area contributed by atoms with Crippen molar-refractivity contribution >= 4 is 27.5 Å². The Bertz CT molecular complexity index is 1120. The number of nitrogens with zero attached hydrogens (tertiary/aromatic N) is 1. The molecule has 0 spiro atoms. The molecule has 0 unspecified atom stereocenters. The van der Waals surface area contributed by atoms with Gasteiger partial charge < -0.3 is 9.84 Å². The molecule has 27 heavy (non-hydrogen) atoms. The number of carboxylic acids is 1. The minimum Gasteiger partial charge on any atom is -0.494 e. The molecule has 0 aliphatic heterocycles. The van der Waals surface area contributed by atoms with E-state index in [9.17, 15) is 14.4 Å². The van der Waals surface area contributed by atoms with Crippen LogP contribution < -0.4 is 16.0 Å². The van der Waals surface area contributed by atoms with Crippen LogP contribution in [0.5, 0.6) is 5.75 Å². The van der Waals surface area contributed by atoms with Crippen molar-refractivity contribution in [1.29, 1.82) is 0 Å². The Labute approximate surface area is 157 Å². The molecule has 0 bridgehead atoms.